The van der Waals surface area contributed by atoms with Gasteiger partial charge in [-0.2, -0.15) is 5.10 Å². The maximum Gasteiger partial charge on any atom is 0.341 e. The molecule has 0 bridgehead atoms. The summed E-state index contributed by atoms with van der Waals surface area (Å²) in [6, 6.07) is 12.0. The molecule has 11 heteroatoms. The van der Waals surface area contributed by atoms with Gasteiger partial charge in [-0.25, -0.2) is 10.2 Å². The minimum absolute atomic E-state index is 0.260. The van der Waals surface area contributed by atoms with E-state index in [0.717, 1.165) is 54.5 Å². The summed E-state index contributed by atoms with van der Waals surface area (Å²) in [5.41, 5.74) is 5.08. The molecule has 1 aliphatic rings. The molecule has 1 aliphatic carbocycles. The Hall–Kier alpha value is -4.38. The highest BCUT2D eigenvalue weighted by molar-refractivity contribution is 7.17. The molecule has 1 heterocycles. The Kier molecular flexibility index (Phi) is 13.2. The minimum Gasteiger partial charge on any atom is -0.490 e. The molecule has 3 aromatic rings. The molecule has 0 unspecified atom stereocenters. The summed E-state index contributed by atoms with van der Waals surface area (Å²) in [5.74, 6) is 1.04. The van der Waals surface area contributed by atoms with Crippen molar-refractivity contribution in [3.05, 3.63) is 69.6 Å². The van der Waals surface area contributed by atoms with Gasteiger partial charge in [0.05, 0.1) is 31.6 Å². The fourth-order valence-electron chi connectivity index (χ4n) is 5.16. The Balaban J connectivity index is 1.32. The van der Waals surface area contributed by atoms with E-state index in [1.807, 2.05) is 25.1 Å². The predicted molar refractivity (Wildman–Crippen MR) is 184 cm³/mol. The van der Waals surface area contributed by atoms with Crippen LogP contribution >= 0.6 is 11.3 Å². The van der Waals surface area contributed by atoms with E-state index in [1.54, 1.807) is 38.1 Å². The molecular weight excluding hydrogens is 618 g/mol. The van der Waals surface area contributed by atoms with Gasteiger partial charge in [0.1, 0.15) is 10.8 Å². The number of nitrogens with zero attached hydrogens (tertiary/aromatic N) is 1. The van der Waals surface area contributed by atoms with Crippen LogP contribution in [-0.4, -0.2) is 49.9 Å². The third-order valence-electron chi connectivity index (χ3n) is 7.68. The molecule has 10 nitrogen and oxygen atoms in total. The average molecular weight is 664 g/mol. The summed E-state index contributed by atoms with van der Waals surface area (Å²) < 4.78 is 22.7. The largest absolute Gasteiger partial charge is 0.490 e. The van der Waals surface area contributed by atoms with E-state index in [4.69, 9.17) is 18.9 Å². The van der Waals surface area contributed by atoms with Gasteiger partial charge in [-0.3, -0.25) is 9.59 Å². The number of carbonyl (C=O) groups excluding carboxylic acids is 3. The van der Waals surface area contributed by atoms with Gasteiger partial charge in [0.25, 0.3) is 11.8 Å². The Morgan fingerprint density at radius 3 is 2.53 bits per heavy atom. The Morgan fingerprint density at radius 2 is 1.81 bits per heavy atom. The fourth-order valence-corrected chi connectivity index (χ4v) is 6.56. The first-order valence-electron chi connectivity index (χ1n) is 16.4. The lowest BCUT2D eigenvalue weighted by Crippen LogP contribution is -2.33. The maximum atomic E-state index is 13.2. The molecule has 0 saturated carbocycles. The molecule has 0 saturated heterocycles. The summed E-state index contributed by atoms with van der Waals surface area (Å²) in [5, 5.41) is 7.51. The average Bonchev–Trinajstić information content (AvgIpc) is 3.41. The van der Waals surface area contributed by atoms with E-state index in [2.05, 4.69) is 29.7 Å². The number of hydrogen-bond donors (Lipinski definition) is 2. The highest BCUT2D eigenvalue weighted by atomic mass is 32.1. The van der Waals surface area contributed by atoms with Crippen molar-refractivity contribution in [3.63, 3.8) is 0 Å². The van der Waals surface area contributed by atoms with Crippen molar-refractivity contribution in [2.24, 2.45) is 11.0 Å². The molecule has 2 N–H and O–H groups in total. The molecule has 2 aromatic carbocycles. The van der Waals surface area contributed by atoms with Crippen LogP contribution in [-0.2, 0) is 22.4 Å². The van der Waals surface area contributed by atoms with Crippen molar-refractivity contribution >= 4 is 40.3 Å². The van der Waals surface area contributed by atoms with E-state index < -0.39 is 18.0 Å². The normalized spacial score (nSPS) is 14.6. The zero-order valence-electron chi connectivity index (χ0n) is 27.9. The lowest BCUT2D eigenvalue weighted by Gasteiger charge is -2.18. The van der Waals surface area contributed by atoms with Crippen LogP contribution in [0.25, 0.3) is 0 Å². The number of fused-ring (bicyclic) bond motifs is 1. The molecule has 4 rings (SSSR count). The van der Waals surface area contributed by atoms with Gasteiger partial charge in [0.15, 0.2) is 17.6 Å². The lowest BCUT2D eigenvalue weighted by molar-refractivity contribution is -0.127. The maximum absolute atomic E-state index is 13.2. The monoisotopic (exact) mass is 663 g/mol. The molecule has 0 radical (unpaired) electrons. The second-order valence-corrected chi connectivity index (χ2v) is 12.5. The van der Waals surface area contributed by atoms with E-state index in [-0.39, 0.29) is 12.5 Å². The number of ether oxygens (including phenoxy) is 4. The number of anilines is 1. The number of hydrazone groups is 1. The summed E-state index contributed by atoms with van der Waals surface area (Å²) in [6.45, 7) is 11.0. The molecule has 252 valence electrons. The van der Waals surface area contributed by atoms with Crippen LogP contribution in [0.1, 0.15) is 97.0 Å². The van der Waals surface area contributed by atoms with Crippen molar-refractivity contribution in [2.75, 3.05) is 25.1 Å². The van der Waals surface area contributed by atoms with Crippen LogP contribution in [0.3, 0.4) is 0 Å². The Bertz CT molecular complexity index is 1550. The van der Waals surface area contributed by atoms with Crippen molar-refractivity contribution in [3.8, 4) is 17.2 Å². The molecule has 0 spiro atoms. The minimum atomic E-state index is -0.850. The number of unbranched alkanes of at least 4 members (excludes halogenated alkanes) is 2. The second-order valence-electron chi connectivity index (χ2n) is 11.4. The van der Waals surface area contributed by atoms with Gasteiger partial charge >= 0.3 is 5.97 Å². The number of rotatable bonds is 16. The number of thiophene rings is 1. The van der Waals surface area contributed by atoms with Crippen molar-refractivity contribution in [1.82, 2.24) is 5.43 Å². The number of hydrogen-bond acceptors (Lipinski definition) is 9. The van der Waals surface area contributed by atoms with Crippen molar-refractivity contribution < 1.29 is 33.3 Å². The quantitative estimate of drug-likeness (QED) is 0.0720. The molecule has 47 heavy (non-hydrogen) atoms. The number of carbonyl (C=O) groups is 3. The standard InChI is InChI=1S/C36H45N3O7S/c1-6-9-10-19-45-29-18-12-25(21-30(29)43-7-2)22-37-39-33(40)24(5)46-27-15-13-26(14-16-27)34(41)38-35-32(36(42)44-8-3)28-17-11-23(4)20-31(28)47-35/h12-16,18,21-24H,6-11,17,19-20H2,1-5H3,(H,38,41)(H,39,40)/b37-22-/t23-,24-/m0/s1. The molecular formula is C36H45N3O7S. The predicted octanol–water partition coefficient (Wildman–Crippen LogP) is 7.19. The third kappa shape index (κ3) is 9.81. The van der Waals surface area contributed by atoms with Gasteiger partial charge in [-0.05, 0) is 106 Å². The first kappa shape index (κ1) is 35.5. The van der Waals surface area contributed by atoms with Crippen molar-refractivity contribution in [2.45, 2.75) is 79.2 Å². The van der Waals surface area contributed by atoms with Crippen LogP contribution in [0.4, 0.5) is 5.00 Å². The van der Waals surface area contributed by atoms with Crippen LogP contribution in [0, 0.1) is 5.92 Å². The third-order valence-corrected chi connectivity index (χ3v) is 8.85. The van der Waals surface area contributed by atoms with Gasteiger partial charge in [0.2, 0.25) is 0 Å². The number of amides is 2. The summed E-state index contributed by atoms with van der Waals surface area (Å²) >= 11 is 1.44. The topological polar surface area (TPSA) is 125 Å². The van der Waals surface area contributed by atoms with Crippen LogP contribution in [0.5, 0.6) is 17.2 Å². The van der Waals surface area contributed by atoms with E-state index in [0.29, 0.717) is 52.5 Å². The molecule has 2 amide bonds. The van der Waals surface area contributed by atoms with E-state index in [1.165, 1.54) is 17.6 Å². The molecule has 1 aromatic heterocycles. The van der Waals surface area contributed by atoms with Crippen LogP contribution < -0.4 is 25.0 Å². The highest BCUT2D eigenvalue weighted by Crippen LogP contribution is 2.40. The second kappa shape index (κ2) is 17.5. The first-order chi connectivity index (χ1) is 22.7. The Labute approximate surface area is 280 Å². The van der Waals surface area contributed by atoms with E-state index >= 15 is 0 Å². The number of esters is 1. The molecule has 0 aliphatic heterocycles. The summed E-state index contributed by atoms with van der Waals surface area (Å²) in [4.78, 5) is 39.7. The zero-order chi connectivity index (χ0) is 33.8. The number of nitrogens with one attached hydrogen (secondary N) is 2. The fraction of sp³-hybridized carbons (Fsp3) is 0.444. The summed E-state index contributed by atoms with van der Waals surface area (Å²) in [6.07, 6.45) is 6.54. The Morgan fingerprint density at radius 1 is 1.02 bits per heavy atom. The molecule has 0 fully saturated rings. The number of benzene rings is 2. The first-order valence-corrected chi connectivity index (χ1v) is 17.2. The van der Waals surface area contributed by atoms with Gasteiger partial charge < -0.3 is 24.3 Å². The van der Waals surface area contributed by atoms with Gasteiger partial charge in [-0.15, -0.1) is 11.3 Å². The van der Waals surface area contributed by atoms with Gasteiger partial charge in [-0.1, -0.05) is 26.7 Å². The van der Waals surface area contributed by atoms with E-state index in [9.17, 15) is 14.4 Å². The SMILES string of the molecule is CCCCCOc1ccc(/C=N\NC(=O)[C@H](C)Oc2ccc(C(=O)Nc3sc4c(c3C(=O)OCC)CC[C@H](C)C4)cc2)cc1OCC. The lowest BCUT2D eigenvalue weighted by atomic mass is 9.88. The van der Waals surface area contributed by atoms with Crippen LogP contribution in [0.15, 0.2) is 47.6 Å². The van der Waals surface area contributed by atoms with Gasteiger partial charge in [0, 0.05) is 10.4 Å². The summed E-state index contributed by atoms with van der Waals surface area (Å²) in [7, 11) is 0. The van der Waals surface area contributed by atoms with Crippen LogP contribution in [0.2, 0.25) is 0 Å². The molecule has 2 atom stereocenters. The smallest absolute Gasteiger partial charge is 0.341 e. The highest BCUT2D eigenvalue weighted by Gasteiger charge is 2.29. The zero-order valence-corrected chi connectivity index (χ0v) is 28.7. The van der Waals surface area contributed by atoms with Crippen molar-refractivity contribution in [1.29, 1.82) is 0 Å².